The van der Waals surface area contributed by atoms with Crippen LogP contribution in [0.4, 0.5) is 11.4 Å². The first-order valence-corrected chi connectivity index (χ1v) is 11.9. The molecule has 8 heteroatoms. The SMILES string of the molecule is CN1C=CCN(C)C1C(CCN1c2ccccc2Sc2ccccc21)S(=O)(=O)O. The van der Waals surface area contributed by atoms with Gasteiger partial charge >= 0.3 is 0 Å². The molecule has 2 unspecified atom stereocenters. The van der Waals surface area contributed by atoms with Crippen LogP contribution in [0.1, 0.15) is 6.42 Å². The maximum atomic E-state index is 12.3. The van der Waals surface area contributed by atoms with Gasteiger partial charge in [-0.3, -0.25) is 9.45 Å². The van der Waals surface area contributed by atoms with Gasteiger partial charge < -0.3 is 9.80 Å². The summed E-state index contributed by atoms with van der Waals surface area (Å²) in [6, 6.07) is 16.3. The monoisotopic (exact) mass is 431 g/mol. The molecule has 0 aromatic heterocycles. The maximum Gasteiger partial charge on any atom is 0.271 e. The highest BCUT2D eigenvalue weighted by Gasteiger charge is 2.38. The molecule has 6 nitrogen and oxygen atoms in total. The third-order valence-corrected chi connectivity index (χ3v) is 7.86. The summed E-state index contributed by atoms with van der Waals surface area (Å²) >= 11 is 1.72. The molecule has 2 aromatic carbocycles. The second-order valence-corrected chi connectivity index (χ2v) is 10.2. The molecule has 2 aliphatic heterocycles. The molecule has 154 valence electrons. The number of para-hydroxylation sites is 2. The van der Waals surface area contributed by atoms with Crippen molar-refractivity contribution in [3.05, 3.63) is 60.8 Å². The standard InChI is InChI=1S/C21H25N3O3S2/c1-22-13-7-14-23(2)21(22)20(29(25,26)27)12-15-24-16-8-3-5-10-18(16)28-19-11-6-4-9-17(19)24/h3-11,13,20-21H,12,14-15H2,1-2H3,(H,25,26,27). The van der Waals surface area contributed by atoms with Crippen molar-refractivity contribution in [2.45, 2.75) is 27.6 Å². The first-order valence-electron chi connectivity index (χ1n) is 9.55. The second kappa shape index (κ2) is 8.02. The van der Waals surface area contributed by atoms with Gasteiger partial charge in [-0.2, -0.15) is 8.42 Å². The number of fused-ring (bicyclic) bond motifs is 2. The zero-order valence-electron chi connectivity index (χ0n) is 16.5. The third kappa shape index (κ3) is 4.02. The van der Waals surface area contributed by atoms with E-state index in [1.54, 1.807) is 11.8 Å². The smallest absolute Gasteiger partial charge is 0.271 e. The highest BCUT2D eigenvalue weighted by atomic mass is 32.2. The Bertz CT molecular complexity index is 980. The average molecular weight is 432 g/mol. The number of benzene rings is 2. The molecule has 2 heterocycles. The highest BCUT2D eigenvalue weighted by molar-refractivity contribution is 7.99. The fourth-order valence-corrected chi connectivity index (χ4v) is 6.37. The Labute approximate surface area is 176 Å². The number of nitrogens with zero attached hydrogens (tertiary/aromatic N) is 3. The molecule has 0 fully saturated rings. The van der Waals surface area contributed by atoms with Gasteiger partial charge in [0.2, 0.25) is 0 Å². The predicted molar refractivity (Wildman–Crippen MR) is 117 cm³/mol. The van der Waals surface area contributed by atoms with E-state index < -0.39 is 21.5 Å². The van der Waals surface area contributed by atoms with Crippen LogP contribution >= 0.6 is 11.8 Å². The molecule has 0 saturated heterocycles. The fourth-order valence-electron chi connectivity index (χ4n) is 4.16. The summed E-state index contributed by atoms with van der Waals surface area (Å²) < 4.78 is 34.7. The first-order chi connectivity index (χ1) is 13.9. The van der Waals surface area contributed by atoms with Crippen molar-refractivity contribution in [3.8, 4) is 0 Å². The Hall–Kier alpha value is -2.00. The van der Waals surface area contributed by atoms with Gasteiger partial charge in [0.1, 0.15) is 11.4 Å². The van der Waals surface area contributed by atoms with Crippen molar-refractivity contribution in [3.63, 3.8) is 0 Å². The van der Waals surface area contributed by atoms with E-state index in [9.17, 15) is 13.0 Å². The molecular formula is C21H25N3O3S2. The molecule has 0 saturated carbocycles. The number of hydrogen-bond acceptors (Lipinski definition) is 6. The van der Waals surface area contributed by atoms with Crippen molar-refractivity contribution in [1.82, 2.24) is 9.80 Å². The van der Waals surface area contributed by atoms with E-state index in [0.717, 1.165) is 21.2 Å². The quantitative estimate of drug-likeness (QED) is 0.725. The van der Waals surface area contributed by atoms with Gasteiger partial charge in [-0.25, -0.2) is 0 Å². The molecule has 2 atom stereocenters. The van der Waals surface area contributed by atoms with Crippen LogP contribution in [0.2, 0.25) is 0 Å². The van der Waals surface area contributed by atoms with Crippen molar-refractivity contribution < 1.29 is 13.0 Å². The van der Waals surface area contributed by atoms with Crippen molar-refractivity contribution >= 4 is 33.3 Å². The van der Waals surface area contributed by atoms with E-state index >= 15 is 0 Å². The molecule has 1 N–H and O–H groups in total. The van der Waals surface area contributed by atoms with Crippen LogP contribution in [0.5, 0.6) is 0 Å². The van der Waals surface area contributed by atoms with Gasteiger partial charge in [0, 0.05) is 29.9 Å². The lowest BCUT2D eigenvalue weighted by Crippen LogP contribution is -2.55. The average Bonchev–Trinajstić information content (AvgIpc) is 2.68. The number of hydrogen-bond donors (Lipinski definition) is 1. The number of likely N-dealkylation sites (N-methyl/N-ethyl adjacent to an activating group) is 1. The predicted octanol–water partition coefficient (Wildman–Crippen LogP) is 3.65. The molecular weight excluding hydrogens is 406 g/mol. The van der Waals surface area contributed by atoms with Crippen LogP contribution in [-0.4, -0.2) is 61.4 Å². The summed E-state index contributed by atoms with van der Waals surface area (Å²) in [6.45, 7) is 1.13. The molecule has 0 bridgehead atoms. The molecule has 4 rings (SSSR count). The van der Waals surface area contributed by atoms with Crippen LogP contribution < -0.4 is 4.90 Å². The summed E-state index contributed by atoms with van der Waals surface area (Å²) in [5.74, 6) is 0. The largest absolute Gasteiger partial charge is 0.364 e. The topological polar surface area (TPSA) is 64.1 Å². The Morgan fingerprint density at radius 3 is 2.21 bits per heavy atom. The lowest BCUT2D eigenvalue weighted by atomic mass is 10.1. The highest BCUT2D eigenvalue weighted by Crippen LogP contribution is 2.48. The lowest BCUT2D eigenvalue weighted by Gasteiger charge is -2.42. The summed E-state index contributed by atoms with van der Waals surface area (Å²) in [6.07, 6.45) is 3.75. The van der Waals surface area contributed by atoms with E-state index in [-0.39, 0.29) is 0 Å². The first kappa shape index (κ1) is 20.3. The molecule has 2 aromatic rings. The Balaban J connectivity index is 1.66. The second-order valence-electron chi connectivity index (χ2n) is 7.43. The van der Waals surface area contributed by atoms with Gasteiger partial charge in [0.25, 0.3) is 10.1 Å². The van der Waals surface area contributed by atoms with Gasteiger partial charge in [-0.15, -0.1) is 0 Å². The van der Waals surface area contributed by atoms with E-state index in [1.165, 1.54) is 0 Å². The van der Waals surface area contributed by atoms with E-state index in [4.69, 9.17) is 0 Å². The molecule has 29 heavy (non-hydrogen) atoms. The van der Waals surface area contributed by atoms with Crippen LogP contribution in [0.25, 0.3) is 0 Å². The number of anilines is 2. The summed E-state index contributed by atoms with van der Waals surface area (Å²) in [5.41, 5.74) is 2.13. The third-order valence-electron chi connectivity index (χ3n) is 5.49. The van der Waals surface area contributed by atoms with Gasteiger partial charge in [-0.1, -0.05) is 42.1 Å². The molecule has 0 spiro atoms. The van der Waals surface area contributed by atoms with Crippen molar-refractivity contribution in [1.29, 1.82) is 0 Å². The number of rotatable bonds is 5. The molecule has 0 radical (unpaired) electrons. The Morgan fingerprint density at radius 1 is 1.07 bits per heavy atom. The maximum absolute atomic E-state index is 12.3. The molecule has 0 amide bonds. The molecule has 0 aliphatic carbocycles. The van der Waals surface area contributed by atoms with Gasteiger partial charge in [-0.05, 0) is 43.9 Å². The summed E-state index contributed by atoms with van der Waals surface area (Å²) in [4.78, 5) is 8.26. The Kier molecular flexibility index (Phi) is 5.61. The fraction of sp³-hybridized carbons (Fsp3) is 0.333. The lowest BCUT2D eigenvalue weighted by molar-refractivity contribution is 0.108. The van der Waals surface area contributed by atoms with E-state index in [0.29, 0.717) is 19.5 Å². The van der Waals surface area contributed by atoms with Crippen molar-refractivity contribution in [2.24, 2.45) is 0 Å². The minimum Gasteiger partial charge on any atom is -0.364 e. The van der Waals surface area contributed by atoms with Crippen LogP contribution in [0.3, 0.4) is 0 Å². The van der Waals surface area contributed by atoms with Crippen LogP contribution in [-0.2, 0) is 10.1 Å². The molecule has 2 aliphatic rings. The van der Waals surface area contributed by atoms with Gasteiger partial charge in [0.15, 0.2) is 0 Å². The zero-order valence-corrected chi connectivity index (χ0v) is 18.1. The minimum atomic E-state index is -4.24. The normalized spacial score (nSPS) is 20.3. The van der Waals surface area contributed by atoms with Crippen LogP contribution in [0.15, 0.2) is 70.6 Å². The summed E-state index contributed by atoms with van der Waals surface area (Å²) in [5, 5.41) is -0.920. The van der Waals surface area contributed by atoms with Crippen LogP contribution in [0, 0.1) is 0 Å². The van der Waals surface area contributed by atoms with E-state index in [2.05, 4.69) is 29.2 Å². The summed E-state index contributed by atoms with van der Waals surface area (Å²) in [7, 11) is -0.511. The minimum absolute atomic E-state index is 0.305. The van der Waals surface area contributed by atoms with Crippen molar-refractivity contribution in [2.75, 3.05) is 32.1 Å². The van der Waals surface area contributed by atoms with E-state index in [1.807, 2.05) is 60.4 Å². The van der Waals surface area contributed by atoms with Gasteiger partial charge in [0.05, 0.1) is 11.4 Å². The zero-order chi connectivity index (χ0) is 20.6. The Morgan fingerprint density at radius 2 is 1.66 bits per heavy atom.